The van der Waals surface area contributed by atoms with E-state index in [1.54, 1.807) is 23.1 Å². The van der Waals surface area contributed by atoms with Crippen LogP contribution in [0.15, 0.2) is 32.5 Å². The topological polar surface area (TPSA) is 115 Å². The van der Waals surface area contributed by atoms with E-state index < -0.39 is 5.76 Å². The first kappa shape index (κ1) is 12.3. The number of H-pyrrole nitrogens is 1. The number of anilines is 1. The third-order valence-electron chi connectivity index (χ3n) is 3.32. The molecule has 102 valence electrons. The molecule has 1 aromatic carbocycles. The minimum absolute atomic E-state index is 0.0207. The van der Waals surface area contributed by atoms with Crippen molar-refractivity contribution in [1.82, 2.24) is 4.98 Å². The van der Waals surface area contributed by atoms with Crippen molar-refractivity contribution in [2.45, 2.75) is 6.42 Å². The largest absolute Gasteiger partial charge is 0.417 e. The third kappa shape index (κ3) is 2.12. The van der Waals surface area contributed by atoms with E-state index in [1.165, 1.54) is 0 Å². The maximum Gasteiger partial charge on any atom is 0.417 e. The zero-order chi connectivity index (χ0) is 14.1. The number of carbonyl (C=O) groups excluding carboxylic acids is 1. The van der Waals surface area contributed by atoms with E-state index in [4.69, 9.17) is 9.95 Å². The molecule has 3 rings (SSSR count). The molecule has 20 heavy (non-hydrogen) atoms. The van der Waals surface area contributed by atoms with E-state index >= 15 is 0 Å². The van der Waals surface area contributed by atoms with Gasteiger partial charge in [0.05, 0.1) is 5.52 Å². The molecular formula is C12H11N5O3. The Labute approximate surface area is 112 Å². The average molecular weight is 273 g/mol. The molecule has 1 atom stereocenters. The van der Waals surface area contributed by atoms with Crippen LogP contribution in [0.4, 0.5) is 5.69 Å². The Morgan fingerprint density at radius 2 is 2.35 bits per heavy atom. The van der Waals surface area contributed by atoms with Gasteiger partial charge in [-0.05, 0) is 23.6 Å². The number of rotatable bonds is 3. The molecule has 1 fully saturated rings. The van der Waals surface area contributed by atoms with Crippen molar-refractivity contribution in [3.05, 3.63) is 39.2 Å². The van der Waals surface area contributed by atoms with Gasteiger partial charge in [0.25, 0.3) is 0 Å². The number of nitrogens with zero attached hydrogens (tertiary/aromatic N) is 4. The summed E-state index contributed by atoms with van der Waals surface area (Å²) in [6, 6.07) is 5.10. The van der Waals surface area contributed by atoms with Crippen molar-refractivity contribution < 1.29 is 9.21 Å². The molecule has 1 unspecified atom stereocenters. The summed E-state index contributed by atoms with van der Waals surface area (Å²) >= 11 is 0. The molecule has 1 aliphatic rings. The van der Waals surface area contributed by atoms with E-state index in [-0.39, 0.29) is 11.8 Å². The van der Waals surface area contributed by atoms with E-state index in [0.717, 1.165) is 0 Å². The molecule has 1 aliphatic heterocycles. The average Bonchev–Trinajstić information content (AvgIpc) is 2.97. The second-order valence-corrected chi connectivity index (χ2v) is 4.68. The lowest BCUT2D eigenvalue weighted by Crippen LogP contribution is -2.24. The number of fused-ring (bicyclic) bond motifs is 1. The summed E-state index contributed by atoms with van der Waals surface area (Å²) in [6.45, 7) is 0.804. The summed E-state index contributed by atoms with van der Waals surface area (Å²) in [5.74, 6) is -0.529. The Bertz CT molecular complexity index is 771. The summed E-state index contributed by atoms with van der Waals surface area (Å²) in [7, 11) is 0. The molecule has 1 N–H and O–H groups in total. The highest BCUT2D eigenvalue weighted by Crippen LogP contribution is 2.27. The standard InChI is InChI=1S/C12H11N5O3/c13-16-14-5-7-3-11(18)17(6-7)8-1-2-9-10(4-8)20-12(19)15-9/h1-2,4,7H,3,5-6H2,(H,15,19). The first-order valence-electron chi connectivity index (χ1n) is 6.11. The molecule has 2 aromatic rings. The molecule has 1 amide bonds. The second kappa shape index (κ2) is 4.75. The van der Waals surface area contributed by atoms with E-state index in [9.17, 15) is 9.59 Å². The Hall–Kier alpha value is -2.73. The van der Waals surface area contributed by atoms with Crippen LogP contribution in [0, 0.1) is 5.92 Å². The quantitative estimate of drug-likeness (QED) is 0.522. The van der Waals surface area contributed by atoms with Crippen molar-refractivity contribution in [1.29, 1.82) is 0 Å². The first-order valence-corrected chi connectivity index (χ1v) is 6.11. The SMILES string of the molecule is [N-]=[N+]=NCC1CC(=O)N(c2ccc3[nH]c(=O)oc3c2)C1. The molecule has 0 saturated carbocycles. The number of aromatic nitrogens is 1. The summed E-state index contributed by atoms with van der Waals surface area (Å²) in [4.78, 5) is 30.0. The van der Waals surface area contributed by atoms with Crippen molar-refractivity contribution in [3.63, 3.8) is 0 Å². The predicted molar refractivity (Wildman–Crippen MR) is 71.3 cm³/mol. The van der Waals surface area contributed by atoms with Gasteiger partial charge in [0, 0.05) is 36.2 Å². The molecule has 0 bridgehead atoms. The lowest BCUT2D eigenvalue weighted by atomic mass is 10.1. The number of amides is 1. The van der Waals surface area contributed by atoms with Crippen molar-refractivity contribution in [2.75, 3.05) is 18.0 Å². The normalized spacial score (nSPS) is 18.5. The second-order valence-electron chi connectivity index (χ2n) is 4.68. The van der Waals surface area contributed by atoms with Gasteiger partial charge in [-0.15, -0.1) is 0 Å². The summed E-state index contributed by atoms with van der Waals surface area (Å²) in [5.41, 5.74) is 9.99. The van der Waals surface area contributed by atoms with Crippen LogP contribution in [0.25, 0.3) is 21.5 Å². The van der Waals surface area contributed by atoms with Crippen molar-refractivity contribution >= 4 is 22.7 Å². The van der Waals surface area contributed by atoms with Gasteiger partial charge in [0.1, 0.15) is 0 Å². The maximum absolute atomic E-state index is 12.0. The minimum atomic E-state index is -0.522. The first-order chi connectivity index (χ1) is 9.67. The maximum atomic E-state index is 12.0. The number of azide groups is 1. The molecule has 8 nitrogen and oxygen atoms in total. The van der Waals surface area contributed by atoms with Gasteiger partial charge < -0.3 is 9.32 Å². The number of hydrogen-bond donors (Lipinski definition) is 1. The van der Waals surface area contributed by atoms with Gasteiger partial charge in [-0.2, -0.15) is 0 Å². The fraction of sp³-hybridized carbons (Fsp3) is 0.333. The van der Waals surface area contributed by atoms with Crippen molar-refractivity contribution in [2.24, 2.45) is 11.0 Å². The lowest BCUT2D eigenvalue weighted by molar-refractivity contribution is -0.117. The van der Waals surface area contributed by atoms with E-state index in [1.807, 2.05) is 0 Å². The van der Waals surface area contributed by atoms with Gasteiger partial charge in [-0.25, -0.2) is 4.79 Å². The van der Waals surface area contributed by atoms with Crippen LogP contribution in [0.2, 0.25) is 0 Å². The van der Waals surface area contributed by atoms with Crippen LogP contribution in [-0.2, 0) is 4.79 Å². The predicted octanol–water partition coefficient (Wildman–Crippen LogP) is 1.78. The van der Waals surface area contributed by atoms with Gasteiger partial charge in [-0.3, -0.25) is 9.78 Å². The van der Waals surface area contributed by atoms with Gasteiger partial charge in [0.2, 0.25) is 5.91 Å². The molecule has 1 saturated heterocycles. The summed E-state index contributed by atoms with van der Waals surface area (Å²) in [5, 5.41) is 3.51. The highest BCUT2D eigenvalue weighted by molar-refractivity contribution is 5.97. The van der Waals surface area contributed by atoms with Crippen LogP contribution in [0.3, 0.4) is 0 Å². The van der Waals surface area contributed by atoms with Crippen molar-refractivity contribution in [3.8, 4) is 0 Å². The molecule has 2 heterocycles. The van der Waals surface area contributed by atoms with Gasteiger partial charge >= 0.3 is 5.76 Å². The number of benzene rings is 1. The molecule has 1 aromatic heterocycles. The molecule has 8 heteroatoms. The van der Waals surface area contributed by atoms with Gasteiger partial charge in [-0.1, -0.05) is 5.11 Å². The van der Waals surface area contributed by atoms with Crippen LogP contribution >= 0.6 is 0 Å². The molecular weight excluding hydrogens is 262 g/mol. The Morgan fingerprint density at radius 1 is 1.50 bits per heavy atom. The highest BCUT2D eigenvalue weighted by atomic mass is 16.4. The highest BCUT2D eigenvalue weighted by Gasteiger charge is 2.30. The number of oxazole rings is 1. The Balaban J connectivity index is 1.88. The molecule has 0 aliphatic carbocycles. The monoisotopic (exact) mass is 273 g/mol. The van der Waals surface area contributed by atoms with E-state index in [0.29, 0.717) is 36.3 Å². The van der Waals surface area contributed by atoms with Gasteiger partial charge in [0.15, 0.2) is 5.58 Å². The zero-order valence-corrected chi connectivity index (χ0v) is 10.4. The smallest absolute Gasteiger partial charge is 0.408 e. The zero-order valence-electron chi connectivity index (χ0n) is 10.4. The summed E-state index contributed by atoms with van der Waals surface area (Å²) < 4.78 is 4.98. The van der Waals surface area contributed by atoms with Crippen LogP contribution in [-0.4, -0.2) is 24.0 Å². The van der Waals surface area contributed by atoms with Crippen LogP contribution in [0.1, 0.15) is 6.42 Å². The Kier molecular flexibility index (Phi) is 2.92. The number of aromatic amines is 1. The van der Waals surface area contributed by atoms with Crippen LogP contribution in [0.5, 0.6) is 0 Å². The minimum Gasteiger partial charge on any atom is -0.408 e. The fourth-order valence-electron chi connectivity index (χ4n) is 2.41. The lowest BCUT2D eigenvalue weighted by Gasteiger charge is -2.16. The number of carbonyl (C=O) groups is 1. The fourth-order valence-corrected chi connectivity index (χ4v) is 2.41. The van der Waals surface area contributed by atoms with E-state index in [2.05, 4.69) is 15.0 Å². The third-order valence-corrected chi connectivity index (χ3v) is 3.32. The molecule has 0 spiro atoms. The number of hydrogen-bond acceptors (Lipinski definition) is 4. The van der Waals surface area contributed by atoms with Crippen LogP contribution < -0.4 is 10.7 Å². The summed E-state index contributed by atoms with van der Waals surface area (Å²) in [6.07, 6.45) is 0.355. The Morgan fingerprint density at radius 3 is 3.15 bits per heavy atom. The number of nitrogens with one attached hydrogen (secondary N) is 1. The molecule has 0 radical (unpaired) electrons.